The lowest BCUT2D eigenvalue weighted by Gasteiger charge is -2.29. The van der Waals surface area contributed by atoms with Gasteiger partial charge in [-0.15, -0.1) is 0 Å². The lowest BCUT2D eigenvalue weighted by Crippen LogP contribution is -2.33. The molecule has 1 saturated carbocycles. The number of likely N-dealkylation sites (N-methyl/N-ethyl adjacent to an activating group) is 1. The highest BCUT2D eigenvalue weighted by atomic mass is 15.1. The van der Waals surface area contributed by atoms with E-state index in [1.54, 1.807) is 0 Å². The van der Waals surface area contributed by atoms with Gasteiger partial charge in [-0.25, -0.2) is 0 Å². The molecule has 1 atom stereocenters. The molecule has 1 fully saturated rings. The average molecular weight is 247 g/mol. The third kappa shape index (κ3) is 3.30. The van der Waals surface area contributed by atoms with E-state index < -0.39 is 0 Å². The molecule has 1 aromatic rings. The summed E-state index contributed by atoms with van der Waals surface area (Å²) in [4.78, 5) is 6.79. The molecule has 18 heavy (non-hydrogen) atoms. The Kier molecular flexibility index (Phi) is 4.72. The molecule has 0 spiro atoms. The van der Waals surface area contributed by atoms with Crippen LogP contribution in [0.5, 0.6) is 0 Å². The summed E-state index contributed by atoms with van der Waals surface area (Å²) in [5, 5.41) is 0. The first-order valence-electron chi connectivity index (χ1n) is 7.03. The normalized spacial score (nSPS) is 18.4. The van der Waals surface area contributed by atoms with E-state index in [4.69, 9.17) is 5.73 Å². The zero-order chi connectivity index (χ0) is 13.0. The molecular formula is C15H25N3. The minimum absolute atomic E-state index is 0.304. The zero-order valence-corrected chi connectivity index (χ0v) is 11.6. The van der Waals surface area contributed by atoms with Crippen LogP contribution in [0.4, 0.5) is 0 Å². The topological polar surface area (TPSA) is 42.1 Å². The van der Waals surface area contributed by atoms with Crippen molar-refractivity contribution in [2.75, 3.05) is 20.1 Å². The van der Waals surface area contributed by atoms with E-state index in [0.29, 0.717) is 12.6 Å². The van der Waals surface area contributed by atoms with Crippen molar-refractivity contribution in [3.8, 4) is 0 Å². The van der Waals surface area contributed by atoms with Crippen LogP contribution in [0.15, 0.2) is 18.3 Å². The molecule has 1 aliphatic rings. The quantitative estimate of drug-likeness (QED) is 0.869. The van der Waals surface area contributed by atoms with Gasteiger partial charge in [0.1, 0.15) is 0 Å². The smallest absolute Gasteiger partial charge is 0.0482 e. The lowest BCUT2D eigenvalue weighted by molar-refractivity contribution is 0.212. The SMILES string of the molecule is Cc1ccc(C(CN)N(C)CC2CCCC2)cn1. The van der Waals surface area contributed by atoms with Crippen molar-refractivity contribution in [2.24, 2.45) is 11.7 Å². The predicted octanol–water partition coefficient (Wildman–Crippen LogP) is 2.51. The largest absolute Gasteiger partial charge is 0.329 e. The van der Waals surface area contributed by atoms with Crippen LogP contribution < -0.4 is 5.73 Å². The monoisotopic (exact) mass is 247 g/mol. The van der Waals surface area contributed by atoms with Gasteiger partial charge in [-0.1, -0.05) is 18.9 Å². The van der Waals surface area contributed by atoms with Gasteiger partial charge in [0.2, 0.25) is 0 Å². The first kappa shape index (κ1) is 13.5. The Morgan fingerprint density at radius 2 is 2.11 bits per heavy atom. The number of rotatable bonds is 5. The summed E-state index contributed by atoms with van der Waals surface area (Å²) in [6, 6.07) is 4.53. The molecule has 1 unspecified atom stereocenters. The van der Waals surface area contributed by atoms with E-state index in [1.165, 1.54) is 31.2 Å². The molecule has 1 aliphatic carbocycles. The Labute approximate surface area is 110 Å². The Bertz CT molecular complexity index is 355. The second-order valence-electron chi connectivity index (χ2n) is 5.57. The van der Waals surface area contributed by atoms with Gasteiger partial charge in [0.05, 0.1) is 0 Å². The summed E-state index contributed by atoms with van der Waals surface area (Å²) >= 11 is 0. The van der Waals surface area contributed by atoms with Crippen LogP contribution in [0.3, 0.4) is 0 Å². The zero-order valence-electron chi connectivity index (χ0n) is 11.6. The maximum Gasteiger partial charge on any atom is 0.0482 e. The molecule has 1 heterocycles. The molecule has 0 radical (unpaired) electrons. The third-order valence-electron chi connectivity index (χ3n) is 4.10. The van der Waals surface area contributed by atoms with Crippen molar-refractivity contribution >= 4 is 0 Å². The number of aryl methyl sites for hydroxylation is 1. The molecular weight excluding hydrogens is 222 g/mol. The van der Waals surface area contributed by atoms with Crippen LogP contribution >= 0.6 is 0 Å². The molecule has 0 aromatic carbocycles. The molecule has 0 aliphatic heterocycles. The van der Waals surface area contributed by atoms with Crippen LogP contribution in [0.2, 0.25) is 0 Å². The van der Waals surface area contributed by atoms with Gasteiger partial charge in [-0.2, -0.15) is 0 Å². The fraction of sp³-hybridized carbons (Fsp3) is 0.667. The second kappa shape index (κ2) is 6.30. The van der Waals surface area contributed by atoms with Crippen molar-refractivity contribution in [3.63, 3.8) is 0 Å². The van der Waals surface area contributed by atoms with Crippen molar-refractivity contribution < 1.29 is 0 Å². The lowest BCUT2D eigenvalue weighted by atomic mass is 10.0. The molecule has 0 amide bonds. The highest BCUT2D eigenvalue weighted by Gasteiger charge is 2.21. The number of hydrogen-bond donors (Lipinski definition) is 1. The second-order valence-corrected chi connectivity index (χ2v) is 5.57. The van der Waals surface area contributed by atoms with Crippen molar-refractivity contribution in [1.82, 2.24) is 9.88 Å². The summed E-state index contributed by atoms with van der Waals surface area (Å²) in [6.45, 7) is 3.84. The van der Waals surface area contributed by atoms with Gasteiger partial charge in [-0.05, 0) is 44.4 Å². The summed E-state index contributed by atoms with van der Waals surface area (Å²) < 4.78 is 0. The third-order valence-corrected chi connectivity index (χ3v) is 4.10. The molecule has 2 rings (SSSR count). The molecule has 3 nitrogen and oxygen atoms in total. The van der Waals surface area contributed by atoms with Crippen LogP contribution in [0, 0.1) is 12.8 Å². The van der Waals surface area contributed by atoms with Crippen molar-refractivity contribution in [3.05, 3.63) is 29.6 Å². The highest BCUT2D eigenvalue weighted by Crippen LogP contribution is 2.27. The molecule has 1 aromatic heterocycles. The van der Waals surface area contributed by atoms with Crippen LogP contribution in [0.25, 0.3) is 0 Å². The standard InChI is InChI=1S/C15H25N3/c1-12-7-8-14(10-17-12)15(9-16)18(2)11-13-5-3-4-6-13/h7-8,10,13,15H,3-6,9,11,16H2,1-2H3. The fourth-order valence-electron chi connectivity index (χ4n) is 2.97. The average Bonchev–Trinajstić information content (AvgIpc) is 2.85. The predicted molar refractivity (Wildman–Crippen MR) is 75.4 cm³/mol. The van der Waals surface area contributed by atoms with E-state index >= 15 is 0 Å². The molecule has 0 saturated heterocycles. The van der Waals surface area contributed by atoms with Crippen LogP contribution in [-0.2, 0) is 0 Å². The molecule has 2 N–H and O–H groups in total. The summed E-state index contributed by atoms with van der Waals surface area (Å²) in [5.41, 5.74) is 8.25. The van der Waals surface area contributed by atoms with E-state index in [9.17, 15) is 0 Å². The first-order chi connectivity index (χ1) is 8.70. The Hall–Kier alpha value is -0.930. The van der Waals surface area contributed by atoms with Crippen molar-refractivity contribution in [1.29, 1.82) is 0 Å². The fourth-order valence-corrected chi connectivity index (χ4v) is 2.97. The number of hydrogen-bond acceptors (Lipinski definition) is 3. The summed E-state index contributed by atoms with van der Waals surface area (Å²) in [6.07, 6.45) is 7.54. The van der Waals surface area contributed by atoms with E-state index in [0.717, 1.165) is 18.2 Å². The molecule has 0 bridgehead atoms. The van der Waals surface area contributed by atoms with E-state index in [2.05, 4.69) is 29.1 Å². The van der Waals surface area contributed by atoms with E-state index in [1.807, 2.05) is 13.1 Å². The minimum Gasteiger partial charge on any atom is -0.329 e. The molecule has 3 heteroatoms. The summed E-state index contributed by atoms with van der Waals surface area (Å²) in [7, 11) is 2.19. The number of aromatic nitrogens is 1. The number of nitrogens with two attached hydrogens (primary N) is 1. The number of pyridine rings is 1. The highest BCUT2D eigenvalue weighted by molar-refractivity contribution is 5.17. The number of nitrogens with zero attached hydrogens (tertiary/aromatic N) is 2. The van der Waals surface area contributed by atoms with Gasteiger partial charge in [-0.3, -0.25) is 9.88 Å². The van der Waals surface area contributed by atoms with Crippen LogP contribution in [-0.4, -0.2) is 30.0 Å². The Morgan fingerprint density at radius 1 is 1.39 bits per heavy atom. The van der Waals surface area contributed by atoms with Gasteiger partial charge in [0, 0.05) is 31.0 Å². The first-order valence-corrected chi connectivity index (χ1v) is 7.03. The maximum absolute atomic E-state index is 5.95. The minimum atomic E-state index is 0.304. The van der Waals surface area contributed by atoms with Gasteiger partial charge < -0.3 is 5.73 Å². The Balaban J connectivity index is 2.00. The Morgan fingerprint density at radius 3 is 2.67 bits per heavy atom. The summed E-state index contributed by atoms with van der Waals surface area (Å²) in [5.74, 6) is 0.863. The van der Waals surface area contributed by atoms with E-state index in [-0.39, 0.29) is 0 Å². The maximum atomic E-state index is 5.95. The van der Waals surface area contributed by atoms with Crippen LogP contribution in [0.1, 0.15) is 43.0 Å². The molecule has 100 valence electrons. The van der Waals surface area contributed by atoms with Crippen molar-refractivity contribution in [2.45, 2.75) is 38.6 Å². The van der Waals surface area contributed by atoms with Gasteiger partial charge in [0.25, 0.3) is 0 Å². The van der Waals surface area contributed by atoms with Gasteiger partial charge in [0.15, 0.2) is 0 Å². The van der Waals surface area contributed by atoms with Gasteiger partial charge >= 0.3 is 0 Å².